The summed E-state index contributed by atoms with van der Waals surface area (Å²) in [6, 6.07) is 7.70. The Labute approximate surface area is 101 Å². The molecule has 1 aliphatic heterocycles. The Morgan fingerprint density at radius 1 is 1.35 bits per heavy atom. The van der Waals surface area contributed by atoms with Crippen molar-refractivity contribution >= 4 is 11.6 Å². The number of nitrogens with zero attached hydrogens (tertiary/aromatic N) is 1. The van der Waals surface area contributed by atoms with Gasteiger partial charge in [-0.15, -0.1) is 0 Å². The number of benzene rings is 1. The average Bonchev–Trinajstić information content (AvgIpc) is 3.15. The summed E-state index contributed by atoms with van der Waals surface area (Å²) in [6.45, 7) is 4.60. The number of amides is 1. The van der Waals surface area contributed by atoms with Gasteiger partial charge in [0.2, 0.25) is 0 Å². The Bertz CT molecular complexity index is 456. The standard InChI is InChI=1S/C14H16N2O/c1-9-11-4-2-3-5-12(11)14(17)16(9)8-13(15)10-6-7-10/h2-5,10,13H,1,6-8,15H2. The Kier molecular flexibility index (Phi) is 2.30. The first-order chi connectivity index (χ1) is 8.18. The molecule has 1 heterocycles. The molecule has 1 aliphatic carbocycles. The highest BCUT2D eigenvalue weighted by Crippen LogP contribution is 2.35. The third kappa shape index (κ3) is 1.67. The Morgan fingerprint density at radius 3 is 2.59 bits per heavy atom. The third-order valence-corrected chi connectivity index (χ3v) is 3.66. The van der Waals surface area contributed by atoms with Gasteiger partial charge in [0.05, 0.1) is 0 Å². The number of nitrogens with two attached hydrogens (primary N) is 1. The van der Waals surface area contributed by atoms with Gasteiger partial charge in [-0.05, 0) is 24.8 Å². The largest absolute Gasteiger partial charge is 0.326 e. The van der Waals surface area contributed by atoms with E-state index < -0.39 is 0 Å². The zero-order chi connectivity index (χ0) is 12.0. The zero-order valence-electron chi connectivity index (χ0n) is 9.73. The molecule has 0 bridgehead atoms. The topological polar surface area (TPSA) is 46.3 Å². The molecule has 2 N–H and O–H groups in total. The highest BCUT2D eigenvalue weighted by Gasteiger charge is 2.35. The van der Waals surface area contributed by atoms with Gasteiger partial charge in [-0.2, -0.15) is 0 Å². The Morgan fingerprint density at radius 2 is 2.00 bits per heavy atom. The van der Waals surface area contributed by atoms with Gasteiger partial charge in [0, 0.05) is 29.4 Å². The van der Waals surface area contributed by atoms with E-state index in [0.717, 1.165) is 16.8 Å². The maximum absolute atomic E-state index is 12.2. The van der Waals surface area contributed by atoms with Crippen molar-refractivity contribution in [2.75, 3.05) is 6.54 Å². The summed E-state index contributed by atoms with van der Waals surface area (Å²) >= 11 is 0. The van der Waals surface area contributed by atoms with E-state index in [-0.39, 0.29) is 11.9 Å². The smallest absolute Gasteiger partial charge is 0.259 e. The highest BCUT2D eigenvalue weighted by atomic mass is 16.2. The van der Waals surface area contributed by atoms with E-state index in [1.54, 1.807) is 4.90 Å². The molecule has 1 aromatic rings. The van der Waals surface area contributed by atoms with Gasteiger partial charge in [-0.3, -0.25) is 4.79 Å². The Hall–Kier alpha value is -1.61. The van der Waals surface area contributed by atoms with Gasteiger partial charge in [-0.25, -0.2) is 0 Å². The molecule has 0 aromatic heterocycles. The predicted molar refractivity (Wildman–Crippen MR) is 67.2 cm³/mol. The zero-order valence-corrected chi connectivity index (χ0v) is 9.73. The van der Waals surface area contributed by atoms with Gasteiger partial charge in [-0.1, -0.05) is 24.8 Å². The van der Waals surface area contributed by atoms with Gasteiger partial charge >= 0.3 is 0 Å². The average molecular weight is 228 g/mol. The van der Waals surface area contributed by atoms with Crippen molar-refractivity contribution in [1.82, 2.24) is 4.90 Å². The van der Waals surface area contributed by atoms with E-state index >= 15 is 0 Å². The number of carbonyl (C=O) groups excluding carboxylic acids is 1. The molecule has 3 heteroatoms. The first kappa shape index (κ1) is 10.5. The maximum atomic E-state index is 12.2. The van der Waals surface area contributed by atoms with Crippen LogP contribution >= 0.6 is 0 Å². The van der Waals surface area contributed by atoms with Gasteiger partial charge in [0.1, 0.15) is 0 Å². The van der Waals surface area contributed by atoms with Crippen molar-refractivity contribution in [3.05, 3.63) is 42.0 Å². The van der Waals surface area contributed by atoms with E-state index in [2.05, 4.69) is 6.58 Å². The van der Waals surface area contributed by atoms with Crippen molar-refractivity contribution in [2.24, 2.45) is 11.7 Å². The van der Waals surface area contributed by atoms with Crippen LogP contribution in [-0.4, -0.2) is 23.4 Å². The highest BCUT2D eigenvalue weighted by molar-refractivity contribution is 6.08. The molecule has 1 saturated carbocycles. The van der Waals surface area contributed by atoms with Crippen molar-refractivity contribution in [1.29, 1.82) is 0 Å². The number of fused-ring (bicyclic) bond motifs is 1. The molecule has 3 rings (SSSR count). The lowest BCUT2D eigenvalue weighted by Gasteiger charge is -2.21. The molecule has 2 aliphatic rings. The van der Waals surface area contributed by atoms with Crippen LogP contribution in [0.15, 0.2) is 30.8 Å². The minimum absolute atomic E-state index is 0.0432. The van der Waals surface area contributed by atoms with Crippen molar-refractivity contribution in [2.45, 2.75) is 18.9 Å². The first-order valence-electron chi connectivity index (χ1n) is 6.04. The summed E-state index contributed by atoms with van der Waals surface area (Å²) in [4.78, 5) is 13.9. The lowest BCUT2D eigenvalue weighted by molar-refractivity contribution is 0.0842. The summed E-state index contributed by atoms with van der Waals surface area (Å²) in [6.07, 6.45) is 2.39. The van der Waals surface area contributed by atoms with Crippen LogP contribution in [0.4, 0.5) is 0 Å². The monoisotopic (exact) mass is 228 g/mol. The lowest BCUT2D eigenvalue weighted by atomic mass is 10.1. The molecule has 17 heavy (non-hydrogen) atoms. The lowest BCUT2D eigenvalue weighted by Crippen LogP contribution is -2.38. The van der Waals surface area contributed by atoms with Gasteiger partial charge in [0.25, 0.3) is 5.91 Å². The van der Waals surface area contributed by atoms with Crippen LogP contribution in [0, 0.1) is 5.92 Å². The fraction of sp³-hybridized carbons (Fsp3) is 0.357. The quantitative estimate of drug-likeness (QED) is 0.858. The molecule has 1 aromatic carbocycles. The maximum Gasteiger partial charge on any atom is 0.259 e. The van der Waals surface area contributed by atoms with Gasteiger partial charge < -0.3 is 10.6 Å². The van der Waals surface area contributed by atoms with Crippen LogP contribution < -0.4 is 5.73 Å². The minimum atomic E-state index is 0.0432. The van der Waals surface area contributed by atoms with E-state index in [0.29, 0.717) is 12.5 Å². The van der Waals surface area contributed by atoms with E-state index in [1.165, 1.54) is 12.8 Å². The van der Waals surface area contributed by atoms with Crippen LogP contribution in [0.5, 0.6) is 0 Å². The van der Waals surface area contributed by atoms with Crippen LogP contribution in [0.3, 0.4) is 0 Å². The molecule has 0 spiro atoms. The number of carbonyl (C=O) groups is 1. The summed E-state index contributed by atoms with van der Waals surface area (Å²) < 4.78 is 0. The van der Waals surface area contributed by atoms with Crippen molar-refractivity contribution in [3.63, 3.8) is 0 Å². The molecule has 88 valence electrons. The number of rotatable bonds is 3. The van der Waals surface area contributed by atoms with Gasteiger partial charge in [0.15, 0.2) is 0 Å². The van der Waals surface area contributed by atoms with Crippen LogP contribution in [0.1, 0.15) is 28.8 Å². The first-order valence-corrected chi connectivity index (χ1v) is 6.04. The Balaban J connectivity index is 1.84. The molecule has 1 atom stereocenters. The molecule has 1 unspecified atom stereocenters. The molecular formula is C14H16N2O. The molecular weight excluding hydrogens is 212 g/mol. The molecule has 3 nitrogen and oxygen atoms in total. The summed E-state index contributed by atoms with van der Waals surface area (Å²) in [5.41, 5.74) is 8.57. The summed E-state index contributed by atoms with van der Waals surface area (Å²) in [5, 5.41) is 0. The summed E-state index contributed by atoms with van der Waals surface area (Å²) in [5.74, 6) is 0.640. The minimum Gasteiger partial charge on any atom is -0.326 e. The second-order valence-electron chi connectivity index (χ2n) is 4.91. The second kappa shape index (κ2) is 3.70. The SMILES string of the molecule is C=C1c2ccccc2C(=O)N1CC(N)C1CC1. The van der Waals surface area contributed by atoms with E-state index in [1.807, 2.05) is 24.3 Å². The second-order valence-corrected chi connectivity index (χ2v) is 4.91. The summed E-state index contributed by atoms with van der Waals surface area (Å²) in [7, 11) is 0. The number of hydrogen-bond acceptors (Lipinski definition) is 2. The normalized spacial score (nSPS) is 20.6. The number of hydrogen-bond donors (Lipinski definition) is 1. The van der Waals surface area contributed by atoms with E-state index in [4.69, 9.17) is 5.73 Å². The van der Waals surface area contributed by atoms with Crippen LogP contribution in [0.2, 0.25) is 0 Å². The fourth-order valence-electron chi connectivity index (χ4n) is 2.41. The molecule has 0 saturated heterocycles. The third-order valence-electron chi connectivity index (χ3n) is 3.66. The van der Waals surface area contributed by atoms with E-state index in [9.17, 15) is 4.79 Å². The van der Waals surface area contributed by atoms with Crippen molar-refractivity contribution in [3.8, 4) is 0 Å². The van der Waals surface area contributed by atoms with Crippen LogP contribution in [0.25, 0.3) is 5.70 Å². The molecule has 0 radical (unpaired) electrons. The fourth-order valence-corrected chi connectivity index (χ4v) is 2.41. The van der Waals surface area contributed by atoms with Crippen LogP contribution in [-0.2, 0) is 0 Å². The molecule has 1 amide bonds. The predicted octanol–water partition coefficient (Wildman–Crippen LogP) is 1.85. The van der Waals surface area contributed by atoms with Crippen molar-refractivity contribution < 1.29 is 4.79 Å². The molecule has 1 fully saturated rings.